The summed E-state index contributed by atoms with van der Waals surface area (Å²) in [6.45, 7) is -0.327. The Labute approximate surface area is 128 Å². The van der Waals surface area contributed by atoms with Gasteiger partial charge in [-0.3, -0.25) is 14.3 Å². The van der Waals surface area contributed by atoms with Crippen molar-refractivity contribution in [3.63, 3.8) is 0 Å². The molecule has 4 atom stereocenters. The Kier molecular flexibility index (Phi) is 4.46. The molecule has 0 amide bonds. The minimum atomic E-state index is -0.864. The molecule has 0 aromatic carbocycles. The largest absolute Gasteiger partial charge is 0.394 e. The normalized spacial score (nSPS) is 31.8. The lowest BCUT2D eigenvalue weighted by Crippen LogP contribution is -2.36. The Hall–Kier alpha value is 0.0200. The van der Waals surface area contributed by atoms with Crippen molar-refractivity contribution >= 4 is 45.2 Å². The van der Waals surface area contributed by atoms with Crippen molar-refractivity contribution in [2.45, 2.75) is 22.4 Å². The molecule has 1 fully saturated rings. The highest BCUT2D eigenvalue weighted by atomic mass is 127. The van der Waals surface area contributed by atoms with Gasteiger partial charge in [-0.2, -0.15) is 0 Å². The molecule has 1 aliphatic heterocycles. The highest BCUT2D eigenvalue weighted by Gasteiger charge is 2.43. The highest BCUT2D eigenvalue weighted by molar-refractivity contribution is 14.1. The number of hydrogen-bond donors (Lipinski definition) is 3. The van der Waals surface area contributed by atoms with Crippen molar-refractivity contribution in [3.8, 4) is 0 Å². The zero-order valence-electron chi connectivity index (χ0n) is 8.92. The lowest BCUT2D eigenvalue weighted by atomic mass is 10.2. The topological polar surface area (TPSA) is 105 Å². The third-order valence-electron chi connectivity index (χ3n) is 2.67. The molecule has 1 aromatic rings. The molecule has 0 aliphatic carbocycles. The molecule has 0 spiro atoms. The fourth-order valence-electron chi connectivity index (χ4n) is 1.73. The number of nitrogens with one attached hydrogen (secondary N) is 1. The molecule has 1 aromatic heterocycles. The minimum Gasteiger partial charge on any atom is -0.394 e. The van der Waals surface area contributed by atoms with Crippen LogP contribution in [0.3, 0.4) is 0 Å². The lowest BCUT2D eigenvalue weighted by Gasteiger charge is -2.16. The first-order valence-corrected chi connectivity index (χ1v) is 7.37. The molecular weight excluding hydrogens is 470 g/mol. The van der Waals surface area contributed by atoms with Crippen LogP contribution in [0.5, 0.6) is 0 Å². The standard InChI is InChI=1S/C9H10I2N2O5/c10-3-1-13(9(17)12-7(3)16)8-5(11)6(15)4(2-14)18-8/h1,4-6,8,14-15H,2H2,(H,12,16,17)/t4-,5?,6-,8-/m1/s1. The van der Waals surface area contributed by atoms with Crippen LogP contribution in [0.25, 0.3) is 0 Å². The van der Waals surface area contributed by atoms with Gasteiger partial charge in [-0.1, -0.05) is 22.6 Å². The predicted molar refractivity (Wildman–Crippen MR) is 78.9 cm³/mol. The van der Waals surface area contributed by atoms with E-state index in [1.54, 1.807) is 22.6 Å². The first kappa shape index (κ1) is 14.4. The van der Waals surface area contributed by atoms with Crippen LogP contribution < -0.4 is 11.2 Å². The van der Waals surface area contributed by atoms with Crippen molar-refractivity contribution < 1.29 is 14.9 Å². The van der Waals surface area contributed by atoms with Crippen molar-refractivity contribution in [3.05, 3.63) is 30.6 Å². The Morgan fingerprint density at radius 2 is 2.17 bits per heavy atom. The van der Waals surface area contributed by atoms with Crippen LogP contribution in [0.15, 0.2) is 15.8 Å². The number of aromatic nitrogens is 2. The SMILES string of the molecule is O=c1[nH]c(=O)n([C@@H]2O[C@H](CO)[C@@H](O)C2I)cc1I. The summed E-state index contributed by atoms with van der Waals surface area (Å²) in [6.07, 6.45) is -0.925. The van der Waals surface area contributed by atoms with Gasteiger partial charge in [-0.15, -0.1) is 0 Å². The van der Waals surface area contributed by atoms with Gasteiger partial charge in [-0.25, -0.2) is 4.79 Å². The maximum atomic E-state index is 11.7. The number of aliphatic hydroxyl groups excluding tert-OH is 2. The highest BCUT2D eigenvalue weighted by Crippen LogP contribution is 2.33. The first-order valence-electron chi connectivity index (χ1n) is 5.05. The second-order valence-electron chi connectivity index (χ2n) is 3.83. The van der Waals surface area contributed by atoms with Gasteiger partial charge in [0.25, 0.3) is 5.56 Å². The van der Waals surface area contributed by atoms with E-state index in [-0.39, 0.29) is 10.5 Å². The summed E-state index contributed by atoms with van der Waals surface area (Å²) in [5, 5.41) is 18.9. The van der Waals surface area contributed by atoms with E-state index in [0.29, 0.717) is 3.57 Å². The van der Waals surface area contributed by atoms with Crippen LogP contribution >= 0.6 is 45.2 Å². The fourth-order valence-corrected chi connectivity index (χ4v) is 3.14. The minimum absolute atomic E-state index is 0.327. The van der Waals surface area contributed by atoms with Gasteiger partial charge in [0.2, 0.25) is 0 Å². The van der Waals surface area contributed by atoms with Gasteiger partial charge < -0.3 is 14.9 Å². The van der Waals surface area contributed by atoms with Crippen LogP contribution in [0, 0.1) is 3.57 Å². The third kappa shape index (κ3) is 2.50. The Morgan fingerprint density at radius 3 is 2.72 bits per heavy atom. The maximum absolute atomic E-state index is 11.7. The summed E-state index contributed by atoms with van der Waals surface area (Å²) in [4.78, 5) is 25.1. The van der Waals surface area contributed by atoms with Crippen molar-refractivity contribution in [1.29, 1.82) is 0 Å². The van der Waals surface area contributed by atoms with E-state index in [2.05, 4.69) is 4.98 Å². The van der Waals surface area contributed by atoms with Crippen molar-refractivity contribution in [2.24, 2.45) is 0 Å². The van der Waals surface area contributed by atoms with E-state index in [1.807, 2.05) is 22.6 Å². The number of aliphatic hydroxyl groups is 2. The zero-order chi connectivity index (χ0) is 13.4. The molecule has 18 heavy (non-hydrogen) atoms. The number of alkyl halides is 1. The molecule has 0 bridgehead atoms. The molecule has 1 saturated heterocycles. The molecule has 2 heterocycles. The summed E-state index contributed by atoms with van der Waals surface area (Å²) >= 11 is 3.77. The average molecular weight is 480 g/mol. The Bertz CT molecular complexity index is 557. The second kappa shape index (κ2) is 5.56. The van der Waals surface area contributed by atoms with Crippen molar-refractivity contribution in [2.75, 3.05) is 6.61 Å². The summed E-state index contributed by atoms with van der Waals surface area (Å²) < 4.78 is 6.61. The second-order valence-corrected chi connectivity index (χ2v) is 6.43. The van der Waals surface area contributed by atoms with E-state index in [4.69, 9.17) is 9.84 Å². The summed E-state index contributed by atoms with van der Waals surface area (Å²) in [6, 6.07) is 0. The number of hydrogen-bond acceptors (Lipinski definition) is 5. The number of aromatic amines is 1. The van der Waals surface area contributed by atoms with E-state index in [0.717, 1.165) is 0 Å². The maximum Gasteiger partial charge on any atom is 0.330 e. The Morgan fingerprint density at radius 1 is 1.50 bits per heavy atom. The molecule has 2 rings (SSSR count). The number of rotatable bonds is 2. The summed E-state index contributed by atoms with van der Waals surface area (Å²) in [7, 11) is 0. The fraction of sp³-hybridized carbons (Fsp3) is 0.556. The van der Waals surface area contributed by atoms with Crippen LogP contribution in [0.4, 0.5) is 0 Å². The van der Waals surface area contributed by atoms with E-state index < -0.39 is 29.7 Å². The van der Waals surface area contributed by atoms with E-state index in [9.17, 15) is 14.7 Å². The summed E-state index contributed by atoms with van der Waals surface area (Å²) in [5.41, 5.74) is -1.06. The quantitative estimate of drug-likeness (QED) is 0.380. The van der Waals surface area contributed by atoms with Gasteiger partial charge in [0, 0.05) is 6.20 Å². The van der Waals surface area contributed by atoms with Gasteiger partial charge in [0.05, 0.1) is 20.2 Å². The van der Waals surface area contributed by atoms with E-state index >= 15 is 0 Å². The zero-order valence-corrected chi connectivity index (χ0v) is 13.2. The number of nitrogens with zero attached hydrogens (tertiary/aromatic N) is 1. The van der Waals surface area contributed by atoms with Gasteiger partial charge in [-0.05, 0) is 22.6 Å². The molecule has 1 unspecified atom stereocenters. The van der Waals surface area contributed by atoms with Crippen LogP contribution in [-0.4, -0.2) is 42.5 Å². The van der Waals surface area contributed by atoms with Crippen molar-refractivity contribution in [1.82, 2.24) is 9.55 Å². The lowest BCUT2D eigenvalue weighted by molar-refractivity contribution is -0.0456. The van der Waals surface area contributed by atoms with Gasteiger partial charge in [0.15, 0.2) is 6.23 Å². The third-order valence-corrected chi connectivity index (χ3v) is 4.79. The number of halogens is 2. The predicted octanol–water partition coefficient (Wildman–Crippen LogP) is -0.805. The van der Waals surface area contributed by atoms with Crippen LogP contribution in [0.1, 0.15) is 6.23 Å². The van der Waals surface area contributed by atoms with Gasteiger partial charge in [0.1, 0.15) is 6.10 Å². The number of ether oxygens (including phenoxy) is 1. The molecule has 3 N–H and O–H groups in total. The Balaban J connectivity index is 2.42. The monoisotopic (exact) mass is 480 g/mol. The number of H-pyrrole nitrogens is 1. The smallest absolute Gasteiger partial charge is 0.330 e. The molecule has 100 valence electrons. The molecule has 0 radical (unpaired) electrons. The molecule has 0 saturated carbocycles. The van der Waals surface area contributed by atoms with Crippen LogP contribution in [-0.2, 0) is 4.74 Å². The first-order chi connectivity index (χ1) is 8.45. The molecule has 1 aliphatic rings. The van der Waals surface area contributed by atoms with E-state index in [1.165, 1.54) is 10.8 Å². The molecule has 9 heteroatoms. The van der Waals surface area contributed by atoms with Crippen LogP contribution in [0.2, 0.25) is 0 Å². The molecule has 7 nitrogen and oxygen atoms in total. The average Bonchev–Trinajstić information content (AvgIpc) is 2.61. The van der Waals surface area contributed by atoms with Gasteiger partial charge >= 0.3 is 5.69 Å². The molecular formula is C9H10I2N2O5. The summed E-state index contributed by atoms with van der Waals surface area (Å²) in [5.74, 6) is 0.